The second kappa shape index (κ2) is 10.8. The number of methoxy groups -OCH3 is 1. The van der Waals surface area contributed by atoms with Crippen LogP contribution in [-0.2, 0) is 4.57 Å². The van der Waals surface area contributed by atoms with Gasteiger partial charge in [0.25, 0.3) is 5.69 Å². The number of hydrogen-bond acceptors (Lipinski definition) is 7. The number of ether oxygens (including phenoxy) is 1. The summed E-state index contributed by atoms with van der Waals surface area (Å²) >= 11 is 0. The van der Waals surface area contributed by atoms with Gasteiger partial charge in [0, 0.05) is 17.8 Å². The maximum absolute atomic E-state index is 14.6. The monoisotopic (exact) mass is 490 g/mol. The number of rotatable bonds is 10. The lowest BCUT2D eigenvalue weighted by Crippen LogP contribution is -2.18. The van der Waals surface area contributed by atoms with Crippen molar-refractivity contribution in [2.24, 2.45) is 0 Å². The minimum Gasteiger partial charge on any atom is -0.497 e. The molecule has 0 fully saturated rings. The highest BCUT2D eigenvalue weighted by Gasteiger charge is 2.41. The van der Waals surface area contributed by atoms with E-state index in [1.807, 2.05) is 12.1 Å². The zero-order valence-electron chi connectivity index (χ0n) is 18.8. The van der Waals surface area contributed by atoms with E-state index in [1.54, 1.807) is 92.0 Å². The molecule has 4 aromatic rings. The second-order valence-corrected chi connectivity index (χ2v) is 9.44. The largest absolute Gasteiger partial charge is 0.497 e. The zero-order valence-corrected chi connectivity index (χ0v) is 19.7. The van der Waals surface area contributed by atoms with Gasteiger partial charge in [0.05, 0.1) is 12.0 Å². The van der Waals surface area contributed by atoms with Crippen molar-refractivity contribution >= 4 is 19.0 Å². The number of nitrogens with one attached hydrogen (secondary N) is 1. The number of non-ortho nitro benzene ring substituents is 1. The molecule has 0 amide bonds. The number of para-hydroxylation sites is 2. The molecule has 0 aliphatic heterocycles. The van der Waals surface area contributed by atoms with Crippen LogP contribution >= 0.6 is 7.60 Å². The third kappa shape index (κ3) is 5.99. The molecule has 0 aliphatic carbocycles. The highest BCUT2D eigenvalue weighted by atomic mass is 31.2. The minimum absolute atomic E-state index is 0.105. The Hall–Kier alpha value is -4.29. The molecule has 0 spiro atoms. The molecule has 4 aromatic carbocycles. The quantitative estimate of drug-likeness (QED) is 0.144. The van der Waals surface area contributed by atoms with E-state index in [2.05, 4.69) is 5.32 Å². The van der Waals surface area contributed by atoms with Gasteiger partial charge in [-0.15, -0.1) is 0 Å². The lowest BCUT2D eigenvalue weighted by molar-refractivity contribution is -0.384. The van der Waals surface area contributed by atoms with E-state index in [9.17, 15) is 14.7 Å². The third-order valence-electron chi connectivity index (χ3n) is 5.06. The molecule has 0 saturated carbocycles. The van der Waals surface area contributed by atoms with Crippen LogP contribution in [0.3, 0.4) is 0 Å². The first-order valence-corrected chi connectivity index (χ1v) is 12.3. The second-order valence-electron chi connectivity index (χ2n) is 7.48. The van der Waals surface area contributed by atoms with Crippen LogP contribution in [0.4, 0.5) is 11.4 Å². The summed E-state index contributed by atoms with van der Waals surface area (Å²) in [5.41, 5.74) is 0.854. The average Bonchev–Trinajstić information content (AvgIpc) is 2.88. The topological polar surface area (TPSA) is 99.9 Å². The molecule has 35 heavy (non-hydrogen) atoms. The van der Waals surface area contributed by atoms with Crippen molar-refractivity contribution in [3.8, 4) is 17.2 Å². The summed E-state index contributed by atoms with van der Waals surface area (Å²) < 4.78 is 31.9. The van der Waals surface area contributed by atoms with Gasteiger partial charge in [-0.25, -0.2) is 4.57 Å². The molecule has 1 atom stereocenters. The third-order valence-corrected chi connectivity index (χ3v) is 7.05. The summed E-state index contributed by atoms with van der Waals surface area (Å²) in [7, 11) is -2.49. The molecule has 0 aliphatic rings. The van der Waals surface area contributed by atoms with Gasteiger partial charge in [-0.3, -0.25) is 10.1 Å². The molecule has 0 bridgehead atoms. The molecule has 8 nitrogen and oxygen atoms in total. The van der Waals surface area contributed by atoms with Gasteiger partial charge >= 0.3 is 7.60 Å². The molecule has 0 aromatic heterocycles. The van der Waals surface area contributed by atoms with Gasteiger partial charge < -0.3 is 19.1 Å². The van der Waals surface area contributed by atoms with Gasteiger partial charge in [-0.2, -0.15) is 0 Å². The van der Waals surface area contributed by atoms with Crippen LogP contribution in [-0.4, -0.2) is 12.0 Å². The van der Waals surface area contributed by atoms with Gasteiger partial charge in [-0.1, -0.05) is 54.6 Å². The first-order valence-electron chi connectivity index (χ1n) is 10.7. The van der Waals surface area contributed by atoms with Crippen LogP contribution in [0.2, 0.25) is 0 Å². The summed E-state index contributed by atoms with van der Waals surface area (Å²) in [6.07, 6.45) is 0. The summed E-state index contributed by atoms with van der Waals surface area (Å²) in [6.45, 7) is 0. The van der Waals surface area contributed by atoms with Crippen LogP contribution < -0.4 is 19.1 Å². The Kier molecular flexibility index (Phi) is 7.33. The molecule has 0 saturated heterocycles. The number of anilines is 1. The van der Waals surface area contributed by atoms with Gasteiger partial charge in [0.15, 0.2) is 5.78 Å². The number of nitro groups is 1. The molecule has 0 heterocycles. The van der Waals surface area contributed by atoms with E-state index in [0.29, 0.717) is 28.5 Å². The van der Waals surface area contributed by atoms with Crippen LogP contribution in [0.25, 0.3) is 0 Å². The fourth-order valence-corrected chi connectivity index (χ4v) is 5.30. The van der Waals surface area contributed by atoms with E-state index in [0.717, 1.165) is 0 Å². The van der Waals surface area contributed by atoms with Crippen LogP contribution in [0, 0.1) is 10.1 Å². The Morgan fingerprint density at radius 1 is 0.771 bits per heavy atom. The summed E-state index contributed by atoms with van der Waals surface area (Å²) in [5.74, 6) is 0.304. The first kappa shape index (κ1) is 23.9. The molecular formula is C26H23N2O6P. The molecule has 0 radical (unpaired) electrons. The Morgan fingerprint density at radius 2 is 1.34 bits per heavy atom. The normalized spacial score (nSPS) is 11.8. The maximum atomic E-state index is 14.6. The van der Waals surface area contributed by atoms with Crippen molar-refractivity contribution in [3.05, 3.63) is 125 Å². The average molecular weight is 490 g/mol. The van der Waals surface area contributed by atoms with Crippen LogP contribution in [0.5, 0.6) is 17.2 Å². The standard InChI is InChI=1S/C26H23N2O6P/c1-32-23-17-15-20(16-18-23)26(27-21-9-8-10-22(19-21)28(29)30)35(31,33-24-11-4-2-5-12-24)34-25-13-6-3-7-14-25/h2-19,26-27H,1H3/t26-/m1/s1. The van der Waals surface area contributed by atoms with E-state index in [4.69, 9.17) is 13.8 Å². The molecule has 4 rings (SSSR count). The number of hydrogen-bond donors (Lipinski definition) is 1. The lowest BCUT2D eigenvalue weighted by Gasteiger charge is -2.29. The molecule has 178 valence electrons. The van der Waals surface area contributed by atoms with Crippen molar-refractivity contribution in [2.75, 3.05) is 12.4 Å². The predicted octanol–water partition coefficient (Wildman–Crippen LogP) is 7.07. The van der Waals surface area contributed by atoms with E-state index >= 15 is 0 Å². The van der Waals surface area contributed by atoms with Gasteiger partial charge in [0.2, 0.25) is 0 Å². The highest BCUT2D eigenvalue weighted by Crippen LogP contribution is 2.60. The Bertz CT molecular complexity index is 1270. The van der Waals surface area contributed by atoms with Crippen molar-refractivity contribution in [1.29, 1.82) is 0 Å². The van der Waals surface area contributed by atoms with Gasteiger partial charge in [0.1, 0.15) is 17.2 Å². The van der Waals surface area contributed by atoms with Gasteiger partial charge in [-0.05, 0) is 48.0 Å². The zero-order chi connectivity index (χ0) is 24.7. The molecule has 9 heteroatoms. The molecular weight excluding hydrogens is 467 g/mol. The summed E-state index contributed by atoms with van der Waals surface area (Å²) in [6, 6.07) is 30.3. The fraction of sp³-hybridized carbons (Fsp3) is 0.0769. The fourth-order valence-electron chi connectivity index (χ4n) is 3.38. The van der Waals surface area contributed by atoms with E-state index in [1.165, 1.54) is 12.1 Å². The lowest BCUT2D eigenvalue weighted by atomic mass is 10.2. The minimum atomic E-state index is -4.04. The van der Waals surface area contributed by atoms with E-state index in [-0.39, 0.29) is 5.69 Å². The van der Waals surface area contributed by atoms with Crippen LogP contribution in [0.15, 0.2) is 109 Å². The number of benzene rings is 4. The summed E-state index contributed by atoms with van der Waals surface area (Å²) in [4.78, 5) is 10.8. The van der Waals surface area contributed by atoms with Crippen molar-refractivity contribution in [2.45, 2.75) is 5.78 Å². The van der Waals surface area contributed by atoms with Crippen molar-refractivity contribution in [3.63, 3.8) is 0 Å². The maximum Gasteiger partial charge on any atom is 0.457 e. The predicted molar refractivity (Wildman–Crippen MR) is 134 cm³/mol. The Labute approximate surface area is 202 Å². The smallest absolute Gasteiger partial charge is 0.457 e. The first-order chi connectivity index (χ1) is 17.0. The number of nitro benzene ring substituents is 1. The Morgan fingerprint density at radius 3 is 1.86 bits per heavy atom. The summed E-state index contributed by atoms with van der Waals surface area (Å²) in [5, 5.41) is 14.5. The number of nitrogens with zero attached hydrogens (tertiary/aromatic N) is 1. The van der Waals surface area contributed by atoms with Crippen molar-refractivity contribution in [1.82, 2.24) is 0 Å². The molecule has 0 unspecified atom stereocenters. The molecule has 1 N–H and O–H groups in total. The van der Waals surface area contributed by atoms with E-state index < -0.39 is 18.3 Å². The Balaban J connectivity index is 1.81. The van der Waals surface area contributed by atoms with Crippen LogP contribution in [0.1, 0.15) is 11.3 Å². The highest BCUT2D eigenvalue weighted by molar-refractivity contribution is 7.55. The SMILES string of the molecule is COc1ccc([C@H](Nc2cccc([N+](=O)[O-])c2)P(=O)(Oc2ccccc2)Oc2ccccc2)cc1. The van der Waals surface area contributed by atoms with Crippen molar-refractivity contribution < 1.29 is 23.3 Å².